The first-order valence-electron chi connectivity index (χ1n) is 6.41. The highest BCUT2D eigenvalue weighted by Crippen LogP contribution is 2.26. The molecule has 1 aliphatic rings. The Morgan fingerprint density at radius 1 is 1.50 bits per heavy atom. The summed E-state index contributed by atoms with van der Waals surface area (Å²) in [4.78, 5) is 0. The van der Waals surface area contributed by atoms with Crippen LogP contribution in [-0.4, -0.2) is 19.8 Å². The van der Waals surface area contributed by atoms with Gasteiger partial charge in [0, 0.05) is 24.3 Å². The minimum Gasteiger partial charge on any atom is -0.497 e. The van der Waals surface area contributed by atoms with Gasteiger partial charge in [-0.25, -0.2) is 4.39 Å². The molecule has 0 amide bonds. The third kappa shape index (κ3) is 3.21. The van der Waals surface area contributed by atoms with Crippen LogP contribution in [0.3, 0.4) is 0 Å². The zero-order valence-corrected chi connectivity index (χ0v) is 10.7. The highest BCUT2D eigenvalue weighted by Gasteiger charge is 2.20. The lowest BCUT2D eigenvalue weighted by atomic mass is 9.97. The minimum atomic E-state index is -0.320. The van der Waals surface area contributed by atoms with Gasteiger partial charge in [0.2, 0.25) is 0 Å². The van der Waals surface area contributed by atoms with Gasteiger partial charge in [-0.15, -0.1) is 0 Å². The van der Waals surface area contributed by atoms with Gasteiger partial charge in [0.15, 0.2) is 0 Å². The summed E-state index contributed by atoms with van der Waals surface area (Å²) in [6.45, 7) is 0.794. The van der Waals surface area contributed by atoms with Crippen molar-refractivity contribution in [1.82, 2.24) is 0 Å². The largest absolute Gasteiger partial charge is 0.497 e. The molecular formula is C14H20FNO2. The zero-order chi connectivity index (χ0) is 13.0. The Bertz CT molecular complexity index is 391. The third-order valence-electron chi connectivity index (χ3n) is 3.40. The van der Waals surface area contributed by atoms with Gasteiger partial charge in [-0.3, -0.25) is 0 Å². The summed E-state index contributed by atoms with van der Waals surface area (Å²) in [7, 11) is 1.52. The number of ether oxygens (including phenoxy) is 2. The fourth-order valence-corrected chi connectivity index (χ4v) is 2.34. The Labute approximate surface area is 107 Å². The third-order valence-corrected chi connectivity index (χ3v) is 3.40. The number of methoxy groups -OCH3 is 1. The molecule has 2 atom stereocenters. The molecule has 0 aromatic heterocycles. The van der Waals surface area contributed by atoms with Crippen LogP contribution < -0.4 is 10.5 Å². The molecular weight excluding hydrogens is 233 g/mol. The van der Waals surface area contributed by atoms with E-state index in [1.54, 1.807) is 12.1 Å². The number of hydrogen-bond donors (Lipinski definition) is 1. The van der Waals surface area contributed by atoms with E-state index in [1.165, 1.54) is 19.6 Å². The molecule has 1 fully saturated rings. The van der Waals surface area contributed by atoms with E-state index in [2.05, 4.69) is 0 Å². The van der Waals surface area contributed by atoms with Crippen LogP contribution in [0, 0.1) is 5.82 Å². The Hall–Kier alpha value is -1.13. The summed E-state index contributed by atoms with van der Waals surface area (Å²) < 4.78 is 24.4. The molecule has 18 heavy (non-hydrogen) atoms. The van der Waals surface area contributed by atoms with E-state index in [-0.39, 0.29) is 18.0 Å². The maximum absolute atomic E-state index is 13.8. The Kier molecular flexibility index (Phi) is 4.55. The van der Waals surface area contributed by atoms with Crippen molar-refractivity contribution in [3.63, 3.8) is 0 Å². The van der Waals surface area contributed by atoms with Crippen molar-refractivity contribution in [3.05, 3.63) is 29.6 Å². The number of rotatable bonds is 4. The van der Waals surface area contributed by atoms with Crippen molar-refractivity contribution in [2.45, 2.75) is 37.8 Å². The lowest BCUT2D eigenvalue weighted by Gasteiger charge is -2.25. The molecule has 1 aromatic rings. The summed E-state index contributed by atoms with van der Waals surface area (Å²) in [5, 5.41) is 0. The number of benzene rings is 1. The van der Waals surface area contributed by atoms with Crippen molar-refractivity contribution in [2.24, 2.45) is 5.73 Å². The summed E-state index contributed by atoms with van der Waals surface area (Å²) >= 11 is 0. The van der Waals surface area contributed by atoms with Gasteiger partial charge in [0.05, 0.1) is 13.2 Å². The predicted molar refractivity (Wildman–Crippen MR) is 68.1 cm³/mol. The molecule has 2 rings (SSSR count). The average molecular weight is 253 g/mol. The van der Waals surface area contributed by atoms with E-state index in [0.717, 1.165) is 19.4 Å². The van der Waals surface area contributed by atoms with E-state index in [1.807, 2.05) is 0 Å². The van der Waals surface area contributed by atoms with Gasteiger partial charge in [0.25, 0.3) is 0 Å². The molecule has 0 aliphatic carbocycles. The lowest BCUT2D eigenvalue weighted by Crippen LogP contribution is -2.25. The Morgan fingerprint density at radius 3 is 2.94 bits per heavy atom. The van der Waals surface area contributed by atoms with Gasteiger partial charge in [-0.1, -0.05) is 6.07 Å². The van der Waals surface area contributed by atoms with E-state index in [9.17, 15) is 4.39 Å². The molecule has 0 bridgehead atoms. The number of hydrogen-bond acceptors (Lipinski definition) is 3. The quantitative estimate of drug-likeness (QED) is 0.897. The first-order valence-corrected chi connectivity index (χ1v) is 6.41. The normalized spacial score (nSPS) is 21.6. The molecule has 1 heterocycles. The first-order chi connectivity index (χ1) is 8.70. The second kappa shape index (κ2) is 6.16. The highest BCUT2D eigenvalue weighted by atomic mass is 19.1. The van der Waals surface area contributed by atoms with Crippen molar-refractivity contribution in [3.8, 4) is 5.75 Å². The first kappa shape index (κ1) is 13.3. The molecule has 1 aromatic carbocycles. The molecule has 1 aliphatic heterocycles. The van der Waals surface area contributed by atoms with Crippen molar-refractivity contribution in [2.75, 3.05) is 13.7 Å². The summed E-state index contributed by atoms with van der Waals surface area (Å²) in [6.07, 6.45) is 4.13. The van der Waals surface area contributed by atoms with Crippen molar-refractivity contribution < 1.29 is 13.9 Å². The smallest absolute Gasteiger partial charge is 0.131 e. The van der Waals surface area contributed by atoms with Crippen LogP contribution >= 0.6 is 0 Å². The predicted octanol–water partition coefficient (Wildman–Crippen LogP) is 2.79. The van der Waals surface area contributed by atoms with Crippen LogP contribution in [0.15, 0.2) is 18.2 Å². The van der Waals surface area contributed by atoms with Gasteiger partial charge >= 0.3 is 0 Å². The Morgan fingerprint density at radius 2 is 2.33 bits per heavy atom. The maximum Gasteiger partial charge on any atom is 0.131 e. The number of nitrogens with two attached hydrogens (primary N) is 1. The highest BCUT2D eigenvalue weighted by molar-refractivity contribution is 5.30. The van der Waals surface area contributed by atoms with Crippen LogP contribution in [0.5, 0.6) is 5.75 Å². The van der Waals surface area contributed by atoms with Crippen molar-refractivity contribution in [1.29, 1.82) is 0 Å². The molecule has 0 spiro atoms. The topological polar surface area (TPSA) is 44.5 Å². The van der Waals surface area contributed by atoms with Crippen LogP contribution in [0.4, 0.5) is 4.39 Å². The summed E-state index contributed by atoms with van der Waals surface area (Å²) in [5.74, 6) is 0.204. The fourth-order valence-electron chi connectivity index (χ4n) is 2.34. The summed E-state index contributed by atoms with van der Waals surface area (Å²) in [5.41, 5.74) is 6.59. The lowest BCUT2D eigenvalue weighted by molar-refractivity contribution is 0.00713. The molecule has 0 radical (unpaired) electrons. The molecule has 3 nitrogen and oxygen atoms in total. The van der Waals surface area contributed by atoms with Gasteiger partial charge in [-0.05, 0) is 31.7 Å². The fraction of sp³-hybridized carbons (Fsp3) is 0.571. The second-order valence-electron chi connectivity index (χ2n) is 4.72. The average Bonchev–Trinajstić information content (AvgIpc) is 2.39. The van der Waals surface area contributed by atoms with Crippen LogP contribution in [0.2, 0.25) is 0 Å². The van der Waals surface area contributed by atoms with Crippen molar-refractivity contribution >= 4 is 0 Å². The molecule has 2 N–H and O–H groups in total. The maximum atomic E-state index is 13.8. The standard InChI is InChI=1S/C14H20FNO2/c1-17-10-5-6-12(13(15)8-10)14(16)9-11-4-2-3-7-18-11/h5-6,8,11,14H,2-4,7,9,16H2,1H3. The minimum absolute atomic E-state index is 0.162. The van der Waals surface area contributed by atoms with Gasteiger partial charge < -0.3 is 15.2 Å². The van der Waals surface area contributed by atoms with Crippen LogP contribution in [-0.2, 0) is 4.74 Å². The van der Waals surface area contributed by atoms with E-state index >= 15 is 0 Å². The van der Waals surface area contributed by atoms with E-state index in [4.69, 9.17) is 15.2 Å². The summed E-state index contributed by atoms with van der Waals surface area (Å²) in [6, 6.07) is 4.48. The van der Waals surface area contributed by atoms with Crippen LogP contribution in [0.1, 0.15) is 37.3 Å². The SMILES string of the molecule is COc1ccc(C(N)CC2CCCCO2)c(F)c1. The number of halogens is 1. The molecule has 2 unspecified atom stereocenters. The Balaban J connectivity index is 2.01. The monoisotopic (exact) mass is 253 g/mol. The molecule has 100 valence electrons. The van der Waals surface area contributed by atoms with Gasteiger partial charge in [-0.2, -0.15) is 0 Å². The van der Waals surface area contributed by atoms with Crippen LogP contribution in [0.25, 0.3) is 0 Å². The molecule has 0 saturated carbocycles. The zero-order valence-electron chi connectivity index (χ0n) is 10.7. The van der Waals surface area contributed by atoms with E-state index in [0.29, 0.717) is 17.7 Å². The van der Waals surface area contributed by atoms with E-state index < -0.39 is 0 Å². The molecule has 4 heteroatoms. The second-order valence-corrected chi connectivity index (χ2v) is 4.72. The molecule has 1 saturated heterocycles. The van der Waals surface area contributed by atoms with Gasteiger partial charge in [0.1, 0.15) is 11.6 Å².